The number of carbonyl (C=O) groups is 1. The lowest BCUT2D eigenvalue weighted by atomic mass is 10.1. The van der Waals surface area contributed by atoms with E-state index in [4.69, 9.17) is 30.5 Å². The topological polar surface area (TPSA) is 66.0 Å². The summed E-state index contributed by atoms with van der Waals surface area (Å²) in [4.78, 5) is 12.7. The van der Waals surface area contributed by atoms with E-state index in [-0.39, 0.29) is 5.91 Å². The highest BCUT2D eigenvalue weighted by Gasteiger charge is 2.17. The molecule has 0 fully saturated rings. The number of carbonyl (C=O) groups excluding carboxylic acids is 1. The number of benzene rings is 2. The van der Waals surface area contributed by atoms with Crippen molar-refractivity contribution in [2.24, 2.45) is 5.92 Å². The Morgan fingerprint density at radius 3 is 2.29 bits per heavy atom. The van der Waals surface area contributed by atoms with Crippen LogP contribution in [0.1, 0.15) is 30.6 Å². The third-order valence-electron chi connectivity index (χ3n) is 4.07. The van der Waals surface area contributed by atoms with Crippen LogP contribution in [0.25, 0.3) is 0 Å². The third-order valence-corrected chi connectivity index (χ3v) is 4.36. The van der Waals surface area contributed by atoms with Gasteiger partial charge in [0.2, 0.25) is 0 Å². The maximum Gasteiger partial charge on any atom is 0.255 e. The van der Waals surface area contributed by atoms with Crippen LogP contribution in [0.3, 0.4) is 0 Å². The number of rotatable bonds is 9. The standard InChI is InChI=1S/C21H26ClNO5/c1-13(2)8-9-28-20-16(22)10-14(11-19(20)27-5)21(24)23-15-6-7-17(25-3)18(12-15)26-4/h6-7,10-13H,8-9H2,1-5H3,(H,23,24). The van der Waals surface area contributed by atoms with Gasteiger partial charge in [-0.25, -0.2) is 0 Å². The van der Waals surface area contributed by atoms with E-state index >= 15 is 0 Å². The number of methoxy groups -OCH3 is 3. The number of anilines is 1. The lowest BCUT2D eigenvalue weighted by molar-refractivity contribution is 0.102. The van der Waals surface area contributed by atoms with Gasteiger partial charge in [0.05, 0.1) is 33.0 Å². The lowest BCUT2D eigenvalue weighted by Gasteiger charge is -2.15. The van der Waals surface area contributed by atoms with Gasteiger partial charge in [-0.05, 0) is 36.6 Å². The number of hydrogen-bond acceptors (Lipinski definition) is 5. The molecule has 0 radical (unpaired) electrons. The first kappa shape index (κ1) is 21.7. The van der Waals surface area contributed by atoms with Gasteiger partial charge in [-0.1, -0.05) is 25.4 Å². The molecule has 7 heteroatoms. The fourth-order valence-corrected chi connectivity index (χ4v) is 2.77. The molecular weight excluding hydrogens is 382 g/mol. The van der Waals surface area contributed by atoms with E-state index in [0.29, 0.717) is 51.8 Å². The molecule has 0 heterocycles. The van der Waals surface area contributed by atoms with Crippen LogP contribution in [0.4, 0.5) is 5.69 Å². The minimum Gasteiger partial charge on any atom is -0.493 e. The Hall–Kier alpha value is -2.60. The van der Waals surface area contributed by atoms with Gasteiger partial charge in [0, 0.05) is 17.3 Å². The summed E-state index contributed by atoms with van der Waals surface area (Å²) in [5.41, 5.74) is 0.919. The fourth-order valence-electron chi connectivity index (χ4n) is 2.50. The monoisotopic (exact) mass is 407 g/mol. The molecule has 0 aliphatic carbocycles. The smallest absolute Gasteiger partial charge is 0.255 e. The summed E-state index contributed by atoms with van der Waals surface area (Å²) in [7, 11) is 4.60. The summed E-state index contributed by atoms with van der Waals surface area (Å²) >= 11 is 6.34. The van der Waals surface area contributed by atoms with Gasteiger partial charge in [-0.2, -0.15) is 0 Å². The zero-order valence-corrected chi connectivity index (χ0v) is 17.6. The molecule has 0 aliphatic rings. The molecule has 2 aromatic rings. The van der Waals surface area contributed by atoms with Crippen LogP contribution < -0.4 is 24.3 Å². The maximum atomic E-state index is 12.7. The average molecular weight is 408 g/mol. The molecular formula is C21H26ClNO5. The molecule has 0 saturated heterocycles. The van der Waals surface area contributed by atoms with Crippen molar-refractivity contribution in [3.63, 3.8) is 0 Å². The number of halogens is 1. The highest BCUT2D eigenvalue weighted by molar-refractivity contribution is 6.32. The zero-order chi connectivity index (χ0) is 20.7. The largest absolute Gasteiger partial charge is 0.493 e. The average Bonchev–Trinajstić information content (AvgIpc) is 2.68. The van der Waals surface area contributed by atoms with Crippen molar-refractivity contribution < 1.29 is 23.7 Å². The van der Waals surface area contributed by atoms with Crippen molar-refractivity contribution in [1.82, 2.24) is 0 Å². The number of ether oxygens (including phenoxy) is 4. The second-order valence-electron chi connectivity index (χ2n) is 6.54. The van der Waals surface area contributed by atoms with Crippen LogP contribution >= 0.6 is 11.6 Å². The van der Waals surface area contributed by atoms with Gasteiger partial charge < -0.3 is 24.3 Å². The Bertz CT molecular complexity index is 823. The van der Waals surface area contributed by atoms with Gasteiger partial charge in [0.25, 0.3) is 5.91 Å². The third kappa shape index (κ3) is 5.45. The van der Waals surface area contributed by atoms with Crippen LogP contribution in [0, 0.1) is 5.92 Å². The number of hydrogen-bond donors (Lipinski definition) is 1. The van der Waals surface area contributed by atoms with E-state index in [1.165, 1.54) is 14.2 Å². The van der Waals surface area contributed by atoms with E-state index in [1.54, 1.807) is 37.4 Å². The van der Waals surface area contributed by atoms with Crippen molar-refractivity contribution in [2.45, 2.75) is 20.3 Å². The van der Waals surface area contributed by atoms with Gasteiger partial charge in [-0.3, -0.25) is 4.79 Å². The maximum absolute atomic E-state index is 12.7. The summed E-state index contributed by atoms with van der Waals surface area (Å²) in [5, 5.41) is 3.13. The van der Waals surface area contributed by atoms with E-state index in [0.717, 1.165) is 6.42 Å². The molecule has 1 N–H and O–H groups in total. The molecule has 0 atom stereocenters. The summed E-state index contributed by atoms with van der Waals surface area (Å²) in [6.45, 7) is 4.75. The Balaban J connectivity index is 2.20. The second-order valence-corrected chi connectivity index (χ2v) is 6.95. The minimum absolute atomic E-state index is 0.320. The predicted octanol–water partition coefficient (Wildman–Crippen LogP) is 5.04. The normalized spacial score (nSPS) is 10.5. The molecule has 0 aromatic heterocycles. The van der Waals surface area contributed by atoms with Crippen molar-refractivity contribution in [3.05, 3.63) is 40.9 Å². The Labute approximate surface area is 170 Å². The number of nitrogens with one attached hydrogen (secondary N) is 1. The minimum atomic E-state index is -0.332. The Morgan fingerprint density at radius 2 is 1.68 bits per heavy atom. The first-order valence-electron chi connectivity index (χ1n) is 8.93. The van der Waals surface area contributed by atoms with Gasteiger partial charge >= 0.3 is 0 Å². The van der Waals surface area contributed by atoms with Gasteiger partial charge in [0.1, 0.15) is 0 Å². The quantitative estimate of drug-likeness (QED) is 0.630. The zero-order valence-electron chi connectivity index (χ0n) is 16.8. The summed E-state index contributed by atoms with van der Waals surface area (Å²) in [6, 6.07) is 8.28. The van der Waals surface area contributed by atoms with E-state index in [9.17, 15) is 4.79 Å². The van der Waals surface area contributed by atoms with Gasteiger partial charge in [-0.15, -0.1) is 0 Å². The molecule has 6 nitrogen and oxygen atoms in total. The van der Waals surface area contributed by atoms with Crippen molar-refractivity contribution in [1.29, 1.82) is 0 Å². The molecule has 2 aromatic carbocycles. The van der Waals surface area contributed by atoms with Crippen LogP contribution in [-0.4, -0.2) is 33.8 Å². The van der Waals surface area contributed by atoms with Crippen LogP contribution in [0.2, 0.25) is 5.02 Å². The molecule has 152 valence electrons. The molecule has 2 rings (SSSR count). The van der Waals surface area contributed by atoms with Crippen molar-refractivity contribution >= 4 is 23.2 Å². The summed E-state index contributed by atoms with van der Waals surface area (Å²) in [5.74, 6) is 2.12. The van der Waals surface area contributed by atoms with Crippen LogP contribution in [0.5, 0.6) is 23.0 Å². The first-order chi connectivity index (χ1) is 13.4. The molecule has 0 spiro atoms. The van der Waals surface area contributed by atoms with Crippen molar-refractivity contribution in [3.8, 4) is 23.0 Å². The van der Waals surface area contributed by atoms with E-state index in [2.05, 4.69) is 19.2 Å². The fraction of sp³-hybridized carbons (Fsp3) is 0.381. The molecule has 0 saturated carbocycles. The molecule has 28 heavy (non-hydrogen) atoms. The van der Waals surface area contributed by atoms with Crippen LogP contribution in [0.15, 0.2) is 30.3 Å². The summed E-state index contributed by atoms with van der Waals surface area (Å²) in [6.07, 6.45) is 0.890. The highest BCUT2D eigenvalue weighted by Crippen LogP contribution is 2.37. The number of amides is 1. The van der Waals surface area contributed by atoms with Crippen molar-refractivity contribution in [2.75, 3.05) is 33.3 Å². The molecule has 0 unspecified atom stereocenters. The van der Waals surface area contributed by atoms with E-state index in [1.807, 2.05) is 0 Å². The first-order valence-corrected chi connectivity index (χ1v) is 9.31. The Kier molecular flexibility index (Phi) is 7.81. The SMILES string of the molecule is COc1ccc(NC(=O)c2cc(Cl)c(OCCC(C)C)c(OC)c2)cc1OC. The lowest BCUT2D eigenvalue weighted by Crippen LogP contribution is -2.13. The van der Waals surface area contributed by atoms with Crippen LogP contribution in [-0.2, 0) is 0 Å². The van der Waals surface area contributed by atoms with E-state index < -0.39 is 0 Å². The highest BCUT2D eigenvalue weighted by atomic mass is 35.5. The predicted molar refractivity (Wildman–Crippen MR) is 110 cm³/mol. The van der Waals surface area contributed by atoms with Gasteiger partial charge in [0.15, 0.2) is 23.0 Å². The second kappa shape index (κ2) is 10.1. The summed E-state index contributed by atoms with van der Waals surface area (Å²) < 4.78 is 21.6. The Morgan fingerprint density at radius 1 is 1.00 bits per heavy atom. The molecule has 1 amide bonds. The molecule has 0 aliphatic heterocycles. The molecule has 0 bridgehead atoms.